The molecule has 220 valence electrons. The van der Waals surface area contributed by atoms with Crippen LogP contribution < -0.4 is 9.80 Å². The van der Waals surface area contributed by atoms with E-state index in [0.717, 1.165) is 75.9 Å². The number of likely N-dealkylation sites (N-methyl/N-ethyl adjacent to an activating group) is 1. The number of nitriles is 1. The molecule has 0 radical (unpaired) electrons. The summed E-state index contributed by atoms with van der Waals surface area (Å²) in [5, 5.41) is 28.0. The Morgan fingerprint density at radius 2 is 2.05 bits per heavy atom. The molecule has 2 aliphatic heterocycles. The molecule has 13 heteroatoms. The number of hydrogen-bond donors (Lipinski definition) is 1. The molecule has 0 bridgehead atoms. The highest BCUT2D eigenvalue weighted by molar-refractivity contribution is 7.20. The van der Waals surface area contributed by atoms with Gasteiger partial charge in [-0.3, -0.25) is 9.69 Å². The zero-order chi connectivity index (χ0) is 29.5. The molecule has 1 aromatic carbocycles. The molecule has 2 aliphatic rings. The van der Waals surface area contributed by atoms with Gasteiger partial charge in [0.15, 0.2) is 10.9 Å². The predicted octanol–water partition coefficient (Wildman–Crippen LogP) is 3.53. The number of aliphatic hydroxyl groups excluding tert-OH is 1. The van der Waals surface area contributed by atoms with E-state index in [4.69, 9.17) is 15.1 Å². The predicted molar refractivity (Wildman–Crippen MR) is 166 cm³/mol. The number of aryl methyl sites for hydroxylation is 2. The highest BCUT2D eigenvalue weighted by Crippen LogP contribution is 2.37. The van der Waals surface area contributed by atoms with Crippen LogP contribution in [0.5, 0.6) is 0 Å². The smallest absolute Gasteiger partial charge is 0.236 e. The van der Waals surface area contributed by atoms with E-state index in [9.17, 15) is 15.2 Å². The van der Waals surface area contributed by atoms with Crippen LogP contribution in [0.25, 0.3) is 16.2 Å². The third-order valence-corrected chi connectivity index (χ3v) is 10.0. The lowest BCUT2D eigenvalue weighted by atomic mass is 10.0. The van der Waals surface area contributed by atoms with E-state index >= 15 is 0 Å². The third kappa shape index (κ3) is 5.35. The minimum Gasteiger partial charge on any atom is -0.389 e. The molecule has 1 amide bonds. The molecule has 5 heterocycles. The average molecular weight is 606 g/mol. The largest absolute Gasteiger partial charge is 0.389 e. The van der Waals surface area contributed by atoms with E-state index in [-0.39, 0.29) is 18.1 Å². The van der Waals surface area contributed by atoms with Gasteiger partial charge in [-0.2, -0.15) is 9.78 Å². The fourth-order valence-electron chi connectivity index (χ4n) is 5.67. The van der Waals surface area contributed by atoms with Gasteiger partial charge in [-0.15, -0.1) is 16.4 Å². The number of likely N-dealkylation sites (tertiary alicyclic amines) is 1. The van der Waals surface area contributed by atoms with E-state index in [2.05, 4.69) is 22.8 Å². The zero-order valence-electron chi connectivity index (χ0n) is 24.3. The van der Waals surface area contributed by atoms with Gasteiger partial charge in [-0.25, -0.2) is 9.97 Å². The number of aliphatic hydroxyl groups is 1. The van der Waals surface area contributed by atoms with Gasteiger partial charge in [0.2, 0.25) is 16.0 Å². The Labute approximate surface area is 253 Å². The summed E-state index contributed by atoms with van der Waals surface area (Å²) in [5.41, 5.74) is 4.23. The maximum absolute atomic E-state index is 12.6. The monoisotopic (exact) mass is 605 g/mol. The number of carbonyl (C=O) groups excluding carboxylic acids is 1. The number of nitrogens with zero attached hydrogens (tertiary/aromatic N) is 9. The van der Waals surface area contributed by atoms with Crippen molar-refractivity contribution in [2.45, 2.75) is 45.3 Å². The van der Waals surface area contributed by atoms with Gasteiger partial charge in [-0.1, -0.05) is 30.4 Å². The summed E-state index contributed by atoms with van der Waals surface area (Å²) in [6.07, 6.45) is 2.43. The van der Waals surface area contributed by atoms with Gasteiger partial charge < -0.3 is 19.8 Å². The number of amides is 1. The Morgan fingerprint density at radius 1 is 1.24 bits per heavy atom. The first kappa shape index (κ1) is 28.5. The van der Waals surface area contributed by atoms with Crippen LogP contribution in [-0.4, -0.2) is 99.4 Å². The molecule has 2 fully saturated rings. The normalized spacial score (nSPS) is 17.6. The molecule has 4 aromatic rings. The fraction of sp³-hybridized carbons (Fsp3) is 0.483. The summed E-state index contributed by atoms with van der Waals surface area (Å²) >= 11 is 3.12. The Kier molecular flexibility index (Phi) is 7.89. The van der Waals surface area contributed by atoms with E-state index < -0.39 is 0 Å². The van der Waals surface area contributed by atoms with Crippen molar-refractivity contribution < 1.29 is 9.90 Å². The van der Waals surface area contributed by atoms with E-state index in [1.54, 1.807) is 16.2 Å². The molecule has 11 nitrogen and oxygen atoms in total. The Morgan fingerprint density at radius 3 is 2.79 bits per heavy atom. The number of carbonyl (C=O) groups is 1. The lowest BCUT2D eigenvalue weighted by Crippen LogP contribution is -2.57. The van der Waals surface area contributed by atoms with Crippen LogP contribution in [0, 0.1) is 18.3 Å². The number of piperidine rings is 1. The van der Waals surface area contributed by atoms with Crippen LogP contribution in [-0.2, 0) is 11.2 Å². The molecule has 42 heavy (non-hydrogen) atoms. The number of rotatable bonds is 8. The van der Waals surface area contributed by atoms with Crippen molar-refractivity contribution >= 4 is 49.6 Å². The molecular weight excluding hydrogens is 571 g/mol. The second kappa shape index (κ2) is 11.6. The molecule has 0 spiro atoms. The molecular formula is C29H35N9O2S2. The first-order valence-electron chi connectivity index (χ1n) is 14.3. The fourth-order valence-corrected chi connectivity index (χ4v) is 7.41. The van der Waals surface area contributed by atoms with Gasteiger partial charge >= 0.3 is 0 Å². The maximum Gasteiger partial charge on any atom is 0.236 e. The lowest BCUT2D eigenvalue weighted by molar-refractivity contribution is -0.142. The first-order valence-corrected chi connectivity index (χ1v) is 15.9. The van der Waals surface area contributed by atoms with Gasteiger partial charge in [0.1, 0.15) is 0 Å². The van der Waals surface area contributed by atoms with Crippen LogP contribution in [0.3, 0.4) is 0 Å². The lowest BCUT2D eigenvalue weighted by Gasteiger charge is -2.40. The van der Waals surface area contributed by atoms with Crippen molar-refractivity contribution in [3.8, 4) is 17.3 Å². The summed E-state index contributed by atoms with van der Waals surface area (Å²) in [5.74, 6) is 0.970. The van der Waals surface area contributed by atoms with Crippen LogP contribution >= 0.6 is 22.7 Å². The number of aromatic nitrogens is 4. The summed E-state index contributed by atoms with van der Waals surface area (Å²) in [6, 6.07) is 8.40. The highest BCUT2D eigenvalue weighted by Gasteiger charge is 2.32. The van der Waals surface area contributed by atoms with Gasteiger partial charge in [-0.05, 0) is 44.9 Å². The number of anilines is 3. The molecule has 1 unspecified atom stereocenters. The standard InChI is InChI=1S/C29H35N9O2S2/c1-5-23-26(35(4)27-32-24(17-41-27)22-9-8-18(2)11-19(22)12-30)38-28(31-23)42-29(33-38)36-10-6-7-20(13-36)34(3)16-25(40)37-14-21(39)15-37/h8-9,11,17,20-21,39H,5-7,10,13-16H2,1-4H3. The quantitative estimate of drug-likeness (QED) is 0.322. The molecule has 1 N–H and O–H groups in total. The van der Waals surface area contributed by atoms with Crippen LogP contribution in [0.2, 0.25) is 0 Å². The number of thiazole rings is 1. The molecule has 0 saturated carbocycles. The second-order valence-corrected chi connectivity index (χ2v) is 12.9. The van der Waals surface area contributed by atoms with Crippen molar-refractivity contribution in [3.05, 3.63) is 40.4 Å². The Balaban J connectivity index is 1.22. The molecule has 2 saturated heterocycles. The van der Waals surface area contributed by atoms with Gasteiger partial charge in [0.25, 0.3) is 0 Å². The Hall–Kier alpha value is -3.57. The van der Waals surface area contributed by atoms with E-state index in [1.807, 2.05) is 54.0 Å². The first-order chi connectivity index (χ1) is 20.2. The molecule has 0 aliphatic carbocycles. The summed E-state index contributed by atoms with van der Waals surface area (Å²) in [6.45, 7) is 7.01. The van der Waals surface area contributed by atoms with E-state index in [1.165, 1.54) is 11.3 Å². The summed E-state index contributed by atoms with van der Waals surface area (Å²) in [7, 11) is 4.00. The zero-order valence-corrected chi connectivity index (χ0v) is 26.0. The molecule has 1 atom stereocenters. The second-order valence-electron chi connectivity index (χ2n) is 11.2. The molecule has 3 aromatic heterocycles. The van der Waals surface area contributed by atoms with Crippen molar-refractivity contribution in [1.29, 1.82) is 5.26 Å². The van der Waals surface area contributed by atoms with Crippen LogP contribution in [0.1, 0.15) is 36.6 Å². The van der Waals surface area contributed by atoms with Gasteiger partial charge in [0.05, 0.1) is 35.7 Å². The van der Waals surface area contributed by atoms with Crippen LogP contribution in [0.4, 0.5) is 16.1 Å². The van der Waals surface area contributed by atoms with Crippen molar-refractivity contribution in [3.63, 3.8) is 0 Å². The number of β-amino-alcohol motifs (C(OH)–C–C–N with tert-alkyl or cyclic N) is 1. The van der Waals surface area contributed by atoms with Crippen molar-refractivity contribution in [1.82, 2.24) is 29.4 Å². The van der Waals surface area contributed by atoms with Crippen LogP contribution in [0.15, 0.2) is 23.6 Å². The summed E-state index contributed by atoms with van der Waals surface area (Å²) < 4.78 is 1.93. The SMILES string of the molecule is CCc1nc2sc(N3CCCC(N(C)CC(=O)N4CC(O)C4)C3)nn2c1N(C)c1nc(-c2ccc(C)cc2C#N)cs1. The number of benzene rings is 1. The average Bonchev–Trinajstić information content (AvgIpc) is 3.70. The Bertz CT molecular complexity index is 1650. The van der Waals surface area contributed by atoms with Gasteiger partial charge in [0, 0.05) is 50.2 Å². The number of imidazole rings is 1. The number of hydrogen-bond acceptors (Lipinski definition) is 11. The minimum absolute atomic E-state index is 0.0731. The van der Waals surface area contributed by atoms with E-state index in [0.29, 0.717) is 25.2 Å². The molecule has 6 rings (SSSR count). The third-order valence-electron chi connectivity index (χ3n) is 8.13. The topological polar surface area (TPSA) is 117 Å². The number of fused-ring (bicyclic) bond motifs is 1. The minimum atomic E-state index is -0.382. The van der Waals surface area contributed by atoms with Crippen molar-refractivity contribution in [2.24, 2.45) is 0 Å². The maximum atomic E-state index is 12.6. The summed E-state index contributed by atoms with van der Waals surface area (Å²) in [4.78, 5) is 31.5. The van der Waals surface area contributed by atoms with Crippen molar-refractivity contribution in [2.75, 3.05) is 56.6 Å². The highest BCUT2D eigenvalue weighted by atomic mass is 32.1.